The van der Waals surface area contributed by atoms with Crippen molar-refractivity contribution in [1.82, 2.24) is 0 Å². The van der Waals surface area contributed by atoms with Crippen LogP contribution in [0.15, 0.2) is 12.1 Å². The molecule has 1 saturated carbocycles. The maximum absolute atomic E-state index is 13.6. The number of ether oxygens (including phenoxy) is 1. The fourth-order valence-electron chi connectivity index (χ4n) is 2.03. The summed E-state index contributed by atoms with van der Waals surface area (Å²) in [5.74, 6) is -1.20. The molecule has 0 spiro atoms. The third-order valence-electron chi connectivity index (χ3n) is 3.17. The Morgan fingerprint density at radius 2 is 2.24 bits per heavy atom. The second-order valence-electron chi connectivity index (χ2n) is 4.33. The fraction of sp³-hybridized carbons (Fsp3) is 0.417. The molecule has 1 aliphatic rings. The third-order valence-corrected chi connectivity index (χ3v) is 3.54. The first-order chi connectivity index (χ1) is 7.98. The zero-order valence-corrected chi connectivity index (χ0v) is 10.1. The number of carboxylic acids is 1. The van der Waals surface area contributed by atoms with Gasteiger partial charge < -0.3 is 9.84 Å². The number of hydrogen-bond acceptors (Lipinski definition) is 2. The van der Waals surface area contributed by atoms with E-state index in [-0.39, 0.29) is 17.2 Å². The lowest BCUT2D eigenvalue weighted by Crippen LogP contribution is -2.13. The zero-order chi connectivity index (χ0) is 12.6. The molecule has 0 aromatic heterocycles. The highest BCUT2D eigenvalue weighted by atomic mass is 35.5. The molecule has 0 amide bonds. The van der Waals surface area contributed by atoms with Gasteiger partial charge in [-0.15, -0.1) is 0 Å². The highest BCUT2D eigenvalue weighted by Crippen LogP contribution is 2.52. The van der Waals surface area contributed by atoms with Crippen molar-refractivity contribution in [3.8, 4) is 5.75 Å². The van der Waals surface area contributed by atoms with Gasteiger partial charge in [0.1, 0.15) is 16.6 Å². The predicted molar refractivity (Wildman–Crippen MR) is 61.1 cm³/mol. The first-order valence-corrected chi connectivity index (χ1v) is 5.61. The third kappa shape index (κ3) is 2.22. The van der Waals surface area contributed by atoms with Crippen LogP contribution in [-0.4, -0.2) is 18.2 Å². The molecule has 0 saturated heterocycles. The summed E-state index contributed by atoms with van der Waals surface area (Å²) in [5, 5.41) is 8.78. The lowest BCUT2D eigenvalue weighted by Gasteiger charge is -2.15. The molecule has 0 unspecified atom stereocenters. The molecule has 0 atom stereocenters. The fourth-order valence-corrected chi connectivity index (χ4v) is 2.21. The Balaban J connectivity index is 2.40. The first-order valence-electron chi connectivity index (χ1n) is 5.24. The Morgan fingerprint density at radius 3 is 2.71 bits per heavy atom. The standard InChI is InChI=1S/C12H12ClFO3/c1-17-9-5-7(4-8(14)11(9)13)12(2-3-12)6-10(15)16/h4-5H,2-3,6H2,1H3,(H,15,16). The van der Waals surface area contributed by atoms with E-state index >= 15 is 0 Å². The van der Waals surface area contributed by atoms with Crippen LogP contribution in [0.2, 0.25) is 5.02 Å². The van der Waals surface area contributed by atoms with Crippen LogP contribution >= 0.6 is 11.6 Å². The van der Waals surface area contributed by atoms with Gasteiger partial charge in [0, 0.05) is 5.41 Å². The Morgan fingerprint density at radius 1 is 1.59 bits per heavy atom. The maximum atomic E-state index is 13.6. The topological polar surface area (TPSA) is 46.5 Å². The highest BCUT2D eigenvalue weighted by molar-refractivity contribution is 6.32. The smallest absolute Gasteiger partial charge is 0.304 e. The lowest BCUT2D eigenvalue weighted by atomic mass is 9.92. The number of methoxy groups -OCH3 is 1. The van der Waals surface area contributed by atoms with Gasteiger partial charge in [0.15, 0.2) is 0 Å². The molecule has 0 radical (unpaired) electrons. The monoisotopic (exact) mass is 258 g/mol. The molecule has 1 aliphatic carbocycles. The number of halogens is 2. The molecular formula is C12H12ClFO3. The van der Waals surface area contributed by atoms with E-state index in [1.165, 1.54) is 13.2 Å². The summed E-state index contributed by atoms with van der Waals surface area (Å²) in [7, 11) is 1.40. The maximum Gasteiger partial charge on any atom is 0.304 e. The summed E-state index contributed by atoms with van der Waals surface area (Å²) in [6.45, 7) is 0. The summed E-state index contributed by atoms with van der Waals surface area (Å²) in [5.41, 5.74) is 0.212. The minimum atomic E-state index is -0.878. The molecular weight excluding hydrogens is 247 g/mol. The highest BCUT2D eigenvalue weighted by Gasteiger charge is 2.46. The van der Waals surface area contributed by atoms with E-state index < -0.39 is 17.2 Å². The Labute approximate surface area is 103 Å². The lowest BCUT2D eigenvalue weighted by molar-refractivity contribution is -0.137. The number of aliphatic carboxylic acids is 1. The average molecular weight is 259 g/mol. The van der Waals surface area contributed by atoms with Crippen LogP contribution in [-0.2, 0) is 10.2 Å². The number of hydrogen-bond donors (Lipinski definition) is 1. The van der Waals surface area contributed by atoms with E-state index in [2.05, 4.69) is 0 Å². The molecule has 5 heteroatoms. The van der Waals surface area contributed by atoms with Crippen molar-refractivity contribution < 1.29 is 19.0 Å². The number of benzene rings is 1. The Bertz CT molecular complexity index is 469. The normalized spacial score (nSPS) is 16.6. The second-order valence-corrected chi connectivity index (χ2v) is 4.70. The molecule has 2 rings (SSSR count). The van der Waals surface area contributed by atoms with Crippen molar-refractivity contribution in [2.75, 3.05) is 7.11 Å². The van der Waals surface area contributed by atoms with Gasteiger partial charge in [-0.25, -0.2) is 4.39 Å². The van der Waals surface area contributed by atoms with Gasteiger partial charge in [-0.3, -0.25) is 4.79 Å². The molecule has 0 heterocycles. The summed E-state index contributed by atoms with van der Waals surface area (Å²) < 4.78 is 18.5. The van der Waals surface area contributed by atoms with E-state index in [9.17, 15) is 9.18 Å². The van der Waals surface area contributed by atoms with Gasteiger partial charge in [0.2, 0.25) is 0 Å². The Kier molecular flexibility index (Phi) is 3.00. The SMILES string of the molecule is COc1cc(C2(CC(=O)O)CC2)cc(F)c1Cl. The Hall–Kier alpha value is -1.29. The summed E-state index contributed by atoms with van der Waals surface area (Å²) in [6.07, 6.45) is 1.52. The molecule has 1 aromatic carbocycles. The molecule has 0 aliphatic heterocycles. The van der Waals surface area contributed by atoms with Gasteiger partial charge in [-0.05, 0) is 30.5 Å². The first kappa shape index (κ1) is 12.2. The van der Waals surface area contributed by atoms with Crippen LogP contribution in [0.4, 0.5) is 4.39 Å². The van der Waals surface area contributed by atoms with Crippen molar-refractivity contribution >= 4 is 17.6 Å². The second kappa shape index (κ2) is 4.18. The van der Waals surface area contributed by atoms with Crippen molar-refractivity contribution in [1.29, 1.82) is 0 Å². The van der Waals surface area contributed by atoms with E-state index in [0.29, 0.717) is 5.56 Å². The quantitative estimate of drug-likeness (QED) is 0.903. The van der Waals surface area contributed by atoms with Gasteiger partial charge in [0.25, 0.3) is 0 Å². The van der Waals surface area contributed by atoms with Crippen molar-refractivity contribution in [2.24, 2.45) is 0 Å². The van der Waals surface area contributed by atoms with Gasteiger partial charge in [-0.1, -0.05) is 11.6 Å². The molecule has 1 fully saturated rings. The van der Waals surface area contributed by atoms with Gasteiger partial charge >= 0.3 is 5.97 Å². The average Bonchev–Trinajstić information content (AvgIpc) is 3.01. The minimum absolute atomic E-state index is 0.0111. The number of rotatable bonds is 4. The van der Waals surface area contributed by atoms with E-state index in [0.717, 1.165) is 12.8 Å². The summed E-state index contributed by atoms with van der Waals surface area (Å²) in [4.78, 5) is 10.8. The largest absolute Gasteiger partial charge is 0.495 e. The number of carbonyl (C=O) groups is 1. The minimum Gasteiger partial charge on any atom is -0.495 e. The van der Waals surface area contributed by atoms with Gasteiger partial charge in [-0.2, -0.15) is 0 Å². The van der Waals surface area contributed by atoms with Crippen LogP contribution in [0.1, 0.15) is 24.8 Å². The molecule has 1 aromatic rings. The van der Waals surface area contributed by atoms with Crippen LogP contribution in [0.25, 0.3) is 0 Å². The van der Waals surface area contributed by atoms with E-state index in [4.69, 9.17) is 21.4 Å². The van der Waals surface area contributed by atoms with E-state index in [1.807, 2.05) is 0 Å². The number of carboxylic acid groups (broad SMARTS) is 1. The van der Waals surface area contributed by atoms with Crippen LogP contribution in [0.5, 0.6) is 5.75 Å². The molecule has 1 N–H and O–H groups in total. The predicted octanol–water partition coefficient (Wildman–Crippen LogP) is 2.99. The van der Waals surface area contributed by atoms with Crippen molar-refractivity contribution in [3.05, 3.63) is 28.5 Å². The zero-order valence-electron chi connectivity index (χ0n) is 9.30. The summed E-state index contributed by atoms with van der Waals surface area (Å²) in [6, 6.07) is 2.93. The van der Waals surface area contributed by atoms with Crippen LogP contribution < -0.4 is 4.74 Å². The molecule has 3 nitrogen and oxygen atoms in total. The van der Waals surface area contributed by atoms with Crippen molar-refractivity contribution in [2.45, 2.75) is 24.7 Å². The molecule has 92 valence electrons. The van der Waals surface area contributed by atoms with Gasteiger partial charge in [0.05, 0.1) is 13.5 Å². The summed E-state index contributed by atoms with van der Waals surface area (Å²) >= 11 is 5.73. The molecule has 17 heavy (non-hydrogen) atoms. The van der Waals surface area contributed by atoms with Crippen LogP contribution in [0.3, 0.4) is 0 Å². The van der Waals surface area contributed by atoms with E-state index in [1.54, 1.807) is 6.07 Å². The molecule has 0 bridgehead atoms. The van der Waals surface area contributed by atoms with Crippen LogP contribution in [0, 0.1) is 5.82 Å². The van der Waals surface area contributed by atoms with Crippen molar-refractivity contribution in [3.63, 3.8) is 0 Å².